The van der Waals surface area contributed by atoms with E-state index < -0.39 is 16.6 Å². The normalized spacial score (nSPS) is 10.1. The van der Waals surface area contributed by atoms with Gasteiger partial charge in [-0.05, 0) is 0 Å². The van der Waals surface area contributed by atoms with Crippen molar-refractivity contribution in [2.24, 2.45) is 0 Å². The van der Waals surface area contributed by atoms with Crippen LogP contribution in [0.4, 0.5) is 0 Å². The Hall–Kier alpha value is -0.934. The molecule has 1 heterocycles. The van der Waals surface area contributed by atoms with E-state index in [4.69, 9.17) is 3.53 Å². The summed E-state index contributed by atoms with van der Waals surface area (Å²) in [6, 6.07) is 10.1. The Labute approximate surface area is 89.4 Å². The standard InChI is InChI=1S/C9H7NO.2CH3.Ga/c11-8-5-1-3-7-4-2-6-10-9(7)8;;;/h1-6,11H;2*1H3;/q;;;+1/p-1. The Balaban J connectivity index is 2.53. The Bertz CT molecular complexity index is 437. The van der Waals surface area contributed by atoms with E-state index in [1.807, 2.05) is 24.4 Å². The minimum absolute atomic E-state index is 0.943. The van der Waals surface area contributed by atoms with E-state index in [0.29, 0.717) is 0 Å². The Morgan fingerprint density at radius 3 is 2.71 bits per heavy atom. The number of pyridine rings is 1. The molecule has 2 aromatic rings. The molecule has 0 unspecified atom stereocenters. The van der Waals surface area contributed by atoms with Gasteiger partial charge in [0.1, 0.15) is 0 Å². The van der Waals surface area contributed by atoms with E-state index in [1.54, 1.807) is 0 Å². The van der Waals surface area contributed by atoms with Crippen molar-refractivity contribution < 1.29 is 3.53 Å². The fourth-order valence-electron chi connectivity index (χ4n) is 1.43. The first-order chi connectivity index (χ1) is 6.77. The maximum atomic E-state index is 5.85. The molecule has 0 bridgehead atoms. The molecular formula is C11H12GaNO. The SMILES string of the molecule is [CH3][Ga]([CH3])[O]c1cccc2cccnc12. The van der Waals surface area contributed by atoms with Crippen LogP contribution in [-0.4, -0.2) is 21.6 Å². The fraction of sp³-hybridized carbons (Fsp3) is 0.182. The molecule has 2 nitrogen and oxygen atoms in total. The van der Waals surface area contributed by atoms with Gasteiger partial charge in [0.25, 0.3) is 0 Å². The van der Waals surface area contributed by atoms with Crippen molar-refractivity contribution in [3.63, 3.8) is 0 Å². The van der Waals surface area contributed by atoms with E-state index in [0.717, 1.165) is 16.7 Å². The van der Waals surface area contributed by atoms with Crippen LogP contribution in [0, 0.1) is 0 Å². The van der Waals surface area contributed by atoms with Crippen LogP contribution in [0.2, 0.25) is 11.0 Å². The monoisotopic (exact) mass is 243 g/mol. The molecule has 2 rings (SSSR count). The van der Waals surface area contributed by atoms with Crippen LogP contribution in [-0.2, 0) is 0 Å². The summed E-state index contributed by atoms with van der Waals surface area (Å²) in [7, 11) is 0. The van der Waals surface area contributed by atoms with Crippen LogP contribution in [0.5, 0.6) is 5.75 Å². The average Bonchev–Trinajstić information content (AvgIpc) is 2.18. The summed E-state index contributed by atoms with van der Waals surface area (Å²) in [5.74, 6) is 0.943. The van der Waals surface area contributed by atoms with Gasteiger partial charge in [0.05, 0.1) is 0 Å². The Morgan fingerprint density at radius 1 is 1.14 bits per heavy atom. The van der Waals surface area contributed by atoms with Gasteiger partial charge in [-0.15, -0.1) is 0 Å². The molecule has 1 aromatic carbocycles. The fourth-order valence-corrected chi connectivity index (χ4v) is 2.89. The Kier molecular flexibility index (Phi) is 2.79. The first kappa shape index (κ1) is 9.61. The van der Waals surface area contributed by atoms with Gasteiger partial charge in [0.2, 0.25) is 0 Å². The molecule has 14 heavy (non-hydrogen) atoms. The number of rotatable bonds is 2. The summed E-state index contributed by atoms with van der Waals surface area (Å²) in [4.78, 5) is 4.34. The molecular weight excluding hydrogens is 232 g/mol. The number of hydrogen-bond donors (Lipinski definition) is 0. The number of fused-ring (bicyclic) bond motifs is 1. The summed E-state index contributed by atoms with van der Waals surface area (Å²) in [6.07, 6.45) is 1.81. The molecule has 0 fully saturated rings. The number of aromatic nitrogens is 1. The predicted octanol–water partition coefficient (Wildman–Crippen LogP) is 2.86. The van der Waals surface area contributed by atoms with Crippen molar-refractivity contribution in [3.8, 4) is 5.75 Å². The van der Waals surface area contributed by atoms with Crippen LogP contribution in [0.1, 0.15) is 0 Å². The first-order valence-corrected chi connectivity index (χ1v) is 10.6. The molecule has 0 saturated heterocycles. The van der Waals surface area contributed by atoms with Gasteiger partial charge in [-0.25, -0.2) is 0 Å². The van der Waals surface area contributed by atoms with Crippen LogP contribution in [0.15, 0.2) is 36.5 Å². The van der Waals surface area contributed by atoms with Crippen LogP contribution < -0.4 is 3.53 Å². The number of benzene rings is 1. The van der Waals surface area contributed by atoms with E-state index in [9.17, 15) is 0 Å². The van der Waals surface area contributed by atoms with Crippen LogP contribution >= 0.6 is 0 Å². The molecule has 70 valence electrons. The van der Waals surface area contributed by atoms with Crippen LogP contribution in [0.3, 0.4) is 0 Å². The topological polar surface area (TPSA) is 22.1 Å². The van der Waals surface area contributed by atoms with Gasteiger partial charge in [-0.2, -0.15) is 0 Å². The van der Waals surface area contributed by atoms with Gasteiger partial charge >= 0.3 is 89.2 Å². The maximum absolute atomic E-state index is 5.85. The van der Waals surface area contributed by atoms with Gasteiger partial charge in [-0.3, -0.25) is 0 Å². The van der Waals surface area contributed by atoms with E-state index in [1.165, 1.54) is 0 Å². The zero-order valence-electron chi connectivity index (χ0n) is 8.40. The molecule has 0 aliphatic heterocycles. The predicted molar refractivity (Wildman–Crippen MR) is 59.9 cm³/mol. The second kappa shape index (κ2) is 4.06. The molecule has 1 aromatic heterocycles. The van der Waals surface area contributed by atoms with Gasteiger partial charge < -0.3 is 0 Å². The molecule has 0 radical (unpaired) electrons. The van der Waals surface area contributed by atoms with Crippen LogP contribution in [0.25, 0.3) is 10.9 Å². The quantitative estimate of drug-likeness (QED) is 0.757. The number of nitrogens with zero attached hydrogens (tertiary/aromatic N) is 1. The molecule has 0 spiro atoms. The third kappa shape index (κ3) is 1.94. The van der Waals surface area contributed by atoms with Crippen molar-refractivity contribution >= 4 is 27.5 Å². The third-order valence-electron chi connectivity index (χ3n) is 1.96. The van der Waals surface area contributed by atoms with Crippen molar-refractivity contribution in [2.45, 2.75) is 11.0 Å². The van der Waals surface area contributed by atoms with Crippen molar-refractivity contribution in [1.29, 1.82) is 0 Å². The second-order valence-electron chi connectivity index (χ2n) is 3.50. The summed E-state index contributed by atoms with van der Waals surface area (Å²) in [5, 5.41) is 1.15. The average molecular weight is 244 g/mol. The van der Waals surface area contributed by atoms with E-state index >= 15 is 0 Å². The number of hydrogen-bond acceptors (Lipinski definition) is 2. The summed E-state index contributed by atoms with van der Waals surface area (Å²) in [5.41, 5.74) is 5.39. The van der Waals surface area contributed by atoms with Crippen molar-refractivity contribution in [1.82, 2.24) is 4.98 Å². The third-order valence-corrected chi connectivity index (χ3v) is 3.48. The molecule has 0 saturated carbocycles. The Morgan fingerprint density at radius 2 is 1.93 bits per heavy atom. The van der Waals surface area contributed by atoms with E-state index in [-0.39, 0.29) is 0 Å². The number of para-hydroxylation sites is 1. The molecule has 0 amide bonds. The van der Waals surface area contributed by atoms with E-state index in [2.05, 4.69) is 28.1 Å². The first-order valence-electron chi connectivity index (χ1n) is 4.78. The summed E-state index contributed by atoms with van der Waals surface area (Å²) in [6.45, 7) is 0. The molecule has 0 atom stereocenters. The van der Waals surface area contributed by atoms with Crippen molar-refractivity contribution in [2.75, 3.05) is 0 Å². The van der Waals surface area contributed by atoms with Gasteiger partial charge in [-0.1, -0.05) is 0 Å². The molecule has 0 aliphatic carbocycles. The minimum atomic E-state index is -1.47. The molecule has 0 aliphatic rings. The van der Waals surface area contributed by atoms with Crippen molar-refractivity contribution in [3.05, 3.63) is 36.5 Å². The molecule has 0 N–H and O–H groups in total. The zero-order chi connectivity index (χ0) is 9.97. The summed E-state index contributed by atoms with van der Waals surface area (Å²) < 4.78 is 5.85. The zero-order valence-corrected chi connectivity index (χ0v) is 10.8. The van der Waals surface area contributed by atoms with Gasteiger partial charge in [0.15, 0.2) is 0 Å². The second-order valence-corrected chi connectivity index (χ2v) is 8.39. The summed E-state index contributed by atoms with van der Waals surface area (Å²) >= 11 is -1.47. The molecule has 3 heteroatoms. The van der Waals surface area contributed by atoms with Gasteiger partial charge in [0, 0.05) is 0 Å².